The number of fused-ring (bicyclic) bond motifs is 1. The summed E-state index contributed by atoms with van der Waals surface area (Å²) in [5.41, 5.74) is 10.0. The van der Waals surface area contributed by atoms with Gasteiger partial charge in [0.25, 0.3) is 0 Å². The third kappa shape index (κ3) is 4.39. The first-order chi connectivity index (χ1) is 10.6. The van der Waals surface area contributed by atoms with E-state index in [1.807, 2.05) is 13.8 Å². The fourth-order valence-corrected chi connectivity index (χ4v) is 2.89. The molecule has 0 aromatic heterocycles. The standard InChI is InChI=1S/C16H21FN4OS/c1-10(20-23-15(2,3)4)13-7-12(17)6-11-8-16(5,9-19-21-18)22-14(11)13/h6-7H,8-9H2,1-5H3/t16-/m1/s1. The molecule has 0 radical (unpaired) electrons. The van der Waals surface area contributed by atoms with Crippen LogP contribution in [0.4, 0.5) is 4.39 Å². The van der Waals surface area contributed by atoms with Crippen LogP contribution in [0.25, 0.3) is 10.4 Å². The van der Waals surface area contributed by atoms with Crippen LogP contribution in [0.1, 0.15) is 45.7 Å². The van der Waals surface area contributed by atoms with E-state index in [0.29, 0.717) is 23.4 Å². The van der Waals surface area contributed by atoms with Crippen molar-refractivity contribution < 1.29 is 9.13 Å². The van der Waals surface area contributed by atoms with E-state index in [9.17, 15) is 4.39 Å². The van der Waals surface area contributed by atoms with Crippen molar-refractivity contribution in [2.45, 2.75) is 51.4 Å². The molecule has 1 aliphatic rings. The summed E-state index contributed by atoms with van der Waals surface area (Å²) in [4.78, 5) is 2.78. The Morgan fingerprint density at radius 1 is 1.48 bits per heavy atom. The van der Waals surface area contributed by atoms with Crippen LogP contribution in [0.3, 0.4) is 0 Å². The van der Waals surface area contributed by atoms with Crippen LogP contribution < -0.4 is 4.74 Å². The zero-order valence-corrected chi connectivity index (χ0v) is 14.9. The van der Waals surface area contributed by atoms with Crippen molar-refractivity contribution in [1.29, 1.82) is 0 Å². The lowest BCUT2D eigenvalue weighted by atomic mass is 9.98. The van der Waals surface area contributed by atoms with Gasteiger partial charge in [-0.2, -0.15) is 0 Å². The maximum absolute atomic E-state index is 14.0. The highest BCUT2D eigenvalue weighted by Gasteiger charge is 2.36. The predicted octanol–water partition coefficient (Wildman–Crippen LogP) is 5.09. The first-order valence-electron chi connectivity index (χ1n) is 7.39. The Morgan fingerprint density at radius 3 is 2.78 bits per heavy atom. The molecule has 1 aliphatic heterocycles. The highest BCUT2D eigenvalue weighted by Crippen LogP contribution is 2.39. The van der Waals surface area contributed by atoms with E-state index >= 15 is 0 Å². The fraction of sp³-hybridized carbons (Fsp3) is 0.562. The molecule has 0 amide bonds. The Hall–Kier alpha value is -1.72. The molecule has 1 aromatic rings. The van der Waals surface area contributed by atoms with E-state index < -0.39 is 5.60 Å². The Labute approximate surface area is 140 Å². The summed E-state index contributed by atoms with van der Waals surface area (Å²) >= 11 is 1.44. The second-order valence-electron chi connectivity index (χ2n) is 6.94. The summed E-state index contributed by atoms with van der Waals surface area (Å²) in [6.07, 6.45) is 0.506. The molecule has 0 spiro atoms. The minimum atomic E-state index is -0.644. The van der Waals surface area contributed by atoms with Gasteiger partial charge in [0.15, 0.2) is 0 Å². The highest BCUT2D eigenvalue weighted by molar-refractivity contribution is 7.99. The number of ether oxygens (including phenoxy) is 1. The summed E-state index contributed by atoms with van der Waals surface area (Å²) in [6, 6.07) is 2.92. The number of hydrogen-bond donors (Lipinski definition) is 0. The number of nitrogens with zero attached hydrogens (tertiary/aromatic N) is 4. The Kier molecular flexibility index (Phi) is 4.92. The molecule has 0 N–H and O–H groups in total. The van der Waals surface area contributed by atoms with Crippen molar-refractivity contribution in [3.05, 3.63) is 39.5 Å². The van der Waals surface area contributed by atoms with Crippen molar-refractivity contribution in [3.63, 3.8) is 0 Å². The molecule has 0 bridgehead atoms. The van der Waals surface area contributed by atoms with E-state index in [1.165, 1.54) is 24.1 Å². The zero-order valence-electron chi connectivity index (χ0n) is 14.1. The fourth-order valence-electron chi connectivity index (χ4n) is 2.38. The number of azide groups is 1. The molecule has 23 heavy (non-hydrogen) atoms. The molecule has 0 unspecified atom stereocenters. The van der Waals surface area contributed by atoms with E-state index in [4.69, 9.17) is 10.3 Å². The van der Waals surface area contributed by atoms with Crippen LogP contribution >= 0.6 is 11.9 Å². The van der Waals surface area contributed by atoms with Gasteiger partial charge in [0.2, 0.25) is 0 Å². The second kappa shape index (κ2) is 6.42. The lowest BCUT2D eigenvalue weighted by Gasteiger charge is -2.22. The SMILES string of the molecule is CC(=NSC(C)(C)C)c1cc(F)cc2c1O[C@@](C)(CN=[N+]=[N-])C2. The van der Waals surface area contributed by atoms with Gasteiger partial charge in [-0.15, -0.1) is 0 Å². The highest BCUT2D eigenvalue weighted by atomic mass is 32.2. The third-order valence-corrected chi connectivity index (χ3v) is 4.27. The topological polar surface area (TPSA) is 70.4 Å². The van der Waals surface area contributed by atoms with Gasteiger partial charge in [0, 0.05) is 27.2 Å². The summed E-state index contributed by atoms with van der Waals surface area (Å²) in [5.74, 6) is 0.323. The number of halogens is 1. The van der Waals surface area contributed by atoms with Crippen molar-refractivity contribution in [2.24, 2.45) is 9.51 Å². The molecule has 2 rings (SSSR count). The summed E-state index contributed by atoms with van der Waals surface area (Å²) in [5, 5.41) is 3.60. The molecular weight excluding hydrogens is 315 g/mol. The average molecular weight is 336 g/mol. The smallest absolute Gasteiger partial charge is 0.132 e. The Bertz CT molecular complexity index is 692. The molecule has 1 aromatic carbocycles. The lowest BCUT2D eigenvalue weighted by Crippen LogP contribution is -2.33. The minimum absolute atomic E-state index is 0.0192. The number of benzene rings is 1. The van der Waals surface area contributed by atoms with Crippen LogP contribution in [-0.2, 0) is 6.42 Å². The number of rotatable bonds is 4. The summed E-state index contributed by atoms with van der Waals surface area (Å²) < 4.78 is 24.5. The van der Waals surface area contributed by atoms with E-state index in [1.54, 1.807) is 0 Å². The quantitative estimate of drug-likeness (QED) is 0.253. The first-order valence-corrected chi connectivity index (χ1v) is 8.16. The summed E-state index contributed by atoms with van der Waals surface area (Å²) in [6.45, 7) is 10.1. The van der Waals surface area contributed by atoms with Crippen molar-refractivity contribution in [3.8, 4) is 5.75 Å². The largest absolute Gasteiger partial charge is 0.486 e. The van der Waals surface area contributed by atoms with Crippen molar-refractivity contribution >= 4 is 17.7 Å². The first kappa shape index (κ1) is 17.6. The van der Waals surface area contributed by atoms with Gasteiger partial charge in [-0.05, 0) is 64.2 Å². The van der Waals surface area contributed by atoms with Gasteiger partial charge in [-0.25, -0.2) is 8.79 Å². The lowest BCUT2D eigenvalue weighted by molar-refractivity contribution is 0.125. The van der Waals surface area contributed by atoms with Gasteiger partial charge >= 0.3 is 0 Å². The molecule has 0 saturated heterocycles. The minimum Gasteiger partial charge on any atom is -0.486 e. The van der Waals surface area contributed by atoms with Crippen LogP contribution in [-0.4, -0.2) is 22.6 Å². The summed E-state index contributed by atoms with van der Waals surface area (Å²) in [7, 11) is 0. The Balaban J connectivity index is 2.37. The van der Waals surface area contributed by atoms with Gasteiger partial charge in [0.1, 0.15) is 17.2 Å². The van der Waals surface area contributed by atoms with Crippen LogP contribution in [0.2, 0.25) is 0 Å². The van der Waals surface area contributed by atoms with Gasteiger partial charge < -0.3 is 4.74 Å². The molecule has 7 heteroatoms. The molecular formula is C16H21FN4OS. The molecule has 0 fully saturated rings. The molecule has 1 heterocycles. The van der Waals surface area contributed by atoms with E-state index in [-0.39, 0.29) is 17.1 Å². The van der Waals surface area contributed by atoms with Gasteiger partial charge in [-0.1, -0.05) is 5.11 Å². The van der Waals surface area contributed by atoms with Crippen LogP contribution in [0.15, 0.2) is 21.6 Å². The number of hydrogen-bond acceptors (Lipinski definition) is 4. The molecule has 0 aliphatic carbocycles. The molecule has 5 nitrogen and oxygen atoms in total. The zero-order chi connectivity index (χ0) is 17.3. The molecule has 124 valence electrons. The van der Waals surface area contributed by atoms with Crippen molar-refractivity contribution in [2.75, 3.05) is 6.54 Å². The molecule has 0 saturated carbocycles. The second-order valence-corrected chi connectivity index (χ2v) is 8.53. The van der Waals surface area contributed by atoms with Crippen LogP contribution in [0, 0.1) is 5.82 Å². The molecule has 1 atom stereocenters. The van der Waals surface area contributed by atoms with Crippen molar-refractivity contribution in [1.82, 2.24) is 0 Å². The maximum atomic E-state index is 14.0. The predicted molar refractivity (Wildman–Crippen MR) is 92.7 cm³/mol. The monoisotopic (exact) mass is 336 g/mol. The van der Waals surface area contributed by atoms with Crippen LogP contribution in [0.5, 0.6) is 5.75 Å². The van der Waals surface area contributed by atoms with E-state index in [0.717, 1.165) is 5.56 Å². The Morgan fingerprint density at radius 2 is 2.17 bits per heavy atom. The van der Waals surface area contributed by atoms with E-state index in [2.05, 4.69) is 35.2 Å². The van der Waals surface area contributed by atoms with Gasteiger partial charge in [-0.3, -0.25) is 0 Å². The third-order valence-electron chi connectivity index (χ3n) is 3.36. The maximum Gasteiger partial charge on any atom is 0.132 e. The average Bonchev–Trinajstić information content (AvgIpc) is 2.77. The van der Waals surface area contributed by atoms with Gasteiger partial charge in [0.05, 0.1) is 12.3 Å². The normalized spacial score (nSPS) is 20.7.